The second-order valence-corrected chi connectivity index (χ2v) is 8.65. The van der Waals surface area contributed by atoms with Crippen molar-refractivity contribution >= 4 is 15.9 Å². The molecule has 0 atom stereocenters. The molecule has 27 heavy (non-hydrogen) atoms. The Bertz CT molecular complexity index is 909. The number of nitrogens with zero attached hydrogens (tertiary/aromatic N) is 1. The van der Waals surface area contributed by atoms with Crippen LogP contribution in [0.5, 0.6) is 0 Å². The van der Waals surface area contributed by atoms with E-state index < -0.39 is 10.0 Å². The maximum absolute atomic E-state index is 12.9. The van der Waals surface area contributed by atoms with Gasteiger partial charge in [-0.2, -0.15) is 0 Å². The highest BCUT2D eigenvalue weighted by atomic mass is 32.2. The van der Waals surface area contributed by atoms with Gasteiger partial charge in [0.15, 0.2) is 0 Å². The fraction of sp³-hybridized carbons (Fsp3) is 0.381. The minimum absolute atomic E-state index is 0.132. The molecule has 2 aromatic rings. The van der Waals surface area contributed by atoms with Crippen LogP contribution in [-0.2, 0) is 23.0 Å². The molecule has 1 aliphatic rings. The second kappa shape index (κ2) is 8.67. The topological polar surface area (TPSA) is 66.5 Å². The van der Waals surface area contributed by atoms with Gasteiger partial charge in [-0.05, 0) is 42.2 Å². The van der Waals surface area contributed by atoms with Crippen LogP contribution in [0.4, 0.5) is 0 Å². The minimum atomic E-state index is -3.60. The number of carbonyl (C=O) groups excluding carboxylic acids is 1. The standard InChI is InChI=1S/C21H26N2O3S/c1-2-3-6-13-22-27(25,26)20-11-7-10-18(15-20)21(24)23-14-12-17-8-4-5-9-19(17)16-23/h4-5,7-11,15,22H,2-3,6,12-14,16H2,1H3. The average molecular weight is 387 g/mol. The molecular formula is C21H26N2O3S. The summed E-state index contributed by atoms with van der Waals surface area (Å²) in [7, 11) is -3.60. The Balaban J connectivity index is 1.73. The third kappa shape index (κ3) is 4.76. The van der Waals surface area contributed by atoms with Crippen molar-refractivity contribution in [3.63, 3.8) is 0 Å². The summed E-state index contributed by atoms with van der Waals surface area (Å²) in [4.78, 5) is 14.8. The Kier molecular flexibility index (Phi) is 6.29. The van der Waals surface area contributed by atoms with Crippen LogP contribution < -0.4 is 4.72 Å². The molecule has 1 N–H and O–H groups in total. The first-order valence-corrected chi connectivity index (χ1v) is 11.0. The van der Waals surface area contributed by atoms with Crippen molar-refractivity contribution in [2.24, 2.45) is 0 Å². The van der Waals surface area contributed by atoms with Gasteiger partial charge in [0.2, 0.25) is 10.0 Å². The summed E-state index contributed by atoms with van der Waals surface area (Å²) in [5.74, 6) is -0.132. The van der Waals surface area contributed by atoms with Crippen molar-refractivity contribution in [3.8, 4) is 0 Å². The first kappa shape index (κ1) is 19.6. The minimum Gasteiger partial charge on any atom is -0.334 e. The summed E-state index contributed by atoms with van der Waals surface area (Å²) in [6, 6.07) is 14.4. The molecule has 0 saturated heterocycles. The average Bonchev–Trinajstić information content (AvgIpc) is 2.70. The zero-order valence-corrected chi connectivity index (χ0v) is 16.5. The molecule has 0 aliphatic carbocycles. The molecule has 0 fully saturated rings. The zero-order chi connectivity index (χ0) is 19.3. The van der Waals surface area contributed by atoms with Gasteiger partial charge in [0.05, 0.1) is 4.90 Å². The maximum atomic E-state index is 12.9. The Morgan fingerprint density at radius 1 is 1.07 bits per heavy atom. The van der Waals surface area contributed by atoms with E-state index in [1.54, 1.807) is 17.0 Å². The van der Waals surface area contributed by atoms with Gasteiger partial charge in [0, 0.05) is 25.2 Å². The molecule has 2 aromatic carbocycles. The summed E-state index contributed by atoms with van der Waals surface area (Å²) in [5, 5.41) is 0. The van der Waals surface area contributed by atoms with Crippen molar-refractivity contribution in [1.82, 2.24) is 9.62 Å². The lowest BCUT2D eigenvalue weighted by molar-refractivity contribution is 0.0734. The number of unbranched alkanes of at least 4 members (excludes halogenated alkanes) is 2. The fourth-order valence-electron chi connectivity index (χ4n) is 3.31. The molecule has 6 heteroatoms. The van der Waals surface area contributed by atoms with Gasteiger partial charge >= 0.3 is 0 Å². The first-order valence-electron chi connectivity index (χ1n) is 9.47. The summed E-state index contributed by atoms with van der Waals surface area (Å²) in [6.07, 6.45) is 3.64. The number of hydrogen-bond acceptors (Lipinski definition) is 3. The van der Waals surface area contributed by atoms with E-state index in [1.165, 1.54) is 17.7 Å². The van der Waals surface area contributed by atoms with Crippen LogP contribution in [-0.4, -0.2) is 32.3 Å². The predicted molar refractivity (Wildman–Crippen MR) is 106 cm³/mol. The van der Waals surface area contributed by atoms with E-state index in [1.807, 2.05) is 18.2 Å². The molecule has 0 bridgehead atoms. The van der Waals surface area contributed by atoms with Crippen LogP contribution >= 0.6 is 0 Å². The van der Waals surface area contributed by atoms with Crippen molar-refractivity contribution in [2.45, 2.75) is 44.0 Å². The molecule has 0 spiro atoms. The summed E-state index contributed by atoms with van der Waals surface area (Å²) in [5.41, 5.74) is 2.83. The first-order chi connectivity index (χ1) is 13.0. The normalized spacial score (nSPS) is 14.0. The molecule has 144 valence electrons. The highest BCUT2D eigenvalue weighted by Crippen LogP contribution is 2.21. The zero-order valence-electron chi connectivity index (χ0n) is 15.6. The molecular weight excluding hydrogens is 360 g/mol. The van der Waals surface area contributed by atoms with E-state index in [-0.39, 0.29) is 10.8 Å². The smallest absolute Gasteiger partial charge is 0.254 e. The lowest BCUT2D eigenvalue weighted by Gasteiger charge is -2.29. The Hall–Kier alpha value is -2.18. The van der Waals surface area contributed by atoms with E-state index in [2.05, 4.69) is 17.7 Å². The molecule has 0 saturated carbocycles. The number of amides is 1. The number of hydrogen-bond donors (Lipinski definition) is 1. The van der Waals surface area contributed by atoms with Crippen LogP contribution in [0.2, 0.25) is 0 Å². The summed E-state index contributed by atoms with van der Waals surface area (Å²) < 4.78 is 27.6. The molecule has 0 unspecified atom stereocenters. The molecule has 3 rings (SSSR count). The van der Waals surface area contributed by atoms with Crippen molar-refractivity contribution < 1.29 is 13.2 Å². The van der Waals surface area contributed by atoms with Gasteiger partial charge < -0.3 is 4.90 Å². The van der Waals surface area contributed by atoms with Crippen LogP contribution in [0.3, 0.4) is 0 Å². The Morgan fingerprint density at radius 3 is 2.63 bits per heavy atom. The monoisotopic (exact) mass is 386 g/mol. The van der Waals surface area contributed by atoms with E-state index in [0.717, 1.165) is 31.2 Å². The van der Waals surface area contributed by atoms with Crippen molar-refractivity contribution in [1.29, 1.82) is 0 Å². The van der Waals surface area contributed by atoms with Crippen molar-refractivity contribution in [2.75, 3.05) is 13.1 Å². The highest BCUT2D eigenvalue weighted by molar-refractivity contribution is 7.89. The van der Waals surface area contributed by atoms with Gasteiger partial charge in [0.1, 0.15) is 0 Å². The van der Waals surface area contributed by atoms with Crippen LogP contribution in [0.15, 0.2) is 53.4 Å². The van der Waals surface area contributed by atoms with E-state index in [4.69, 9.17) is 0 Å². The van der Waals surface area contributed by atoms with Gasteiger partial charge in [-0.25, -0.2) is 13.1 Å². The Morgan fingerprint density at radius 2 is 1.85 bits per heavy atom. The molecule has 1 amide bonds. The maximum Gasteiger partial charge on any atom is 0.254 e. The summed E-state index contributed by atoms with van der Waals surface area (Å²) in [6.45, 7) is 3.68. The molecule has 1 heterocycles. The number of fused-ring (bicyclic) bond motifs is 1. The lowest BCUT2D eigenvalue weighted by Crippen LogP contribution is -2.36. The third-order valence-corrected chi connectivity index (χ3v) is 6.34. The largest absolute Gasteiger partial charge is 0.334 e. The van der Waals surface area contributed by atoms with E-state index >= 15 is 0 Å². The third-order valence-electron chi connectivity index (χ3n) is 4.88. The molecule has 1 aliphatic heterocycles. The highest BCUT2D eigenvalue weighted by Gasteiger charge is 2.23. The number of nitrogens with one attached hydrogen (secondary N) is 1. The lowest BCUT2D eigenvalue weighted by atomic mass is 9.99. The van der Waals surface area contributed by atoms with Gasteiger partial charge in [-0.3, -0.25) is 4.79 Å². The second-order valence-electron chi connectivity index (χ2n) is 6.88. The molecule has 5 nitrogen and oxygen atoms in total. The van der Waals surface area contributed by atoms with Gasteiger partial charge in [-0.15, -0.1) is 0 Å². The predicted octanol–water partition coefficient (Wildman–Crippen LogP) is 3.35. The van der Waals surface area contributed by atoms with Crippen LogP contribution in [0, 0.1) is 0 Å². The van der Waals surface area contributed by atoms with Crippen LogP contribution in [0.25, 0.3) is 0 Å². The molecule has 0 aromatic heterocycles. The van der Waals surface area contributed by atoms with E-state index in [0.29, 0.717) is 25.2 Å². The van der Waals surface area contributed by atoms with E-state index in [9.17, 15) is 13.2 Å². The number of rotatable bonds is 7. The number of benzene rings is 2. The quantitative estimate of drug-likeness (QED) is 0.742. The number of carbonyl (C=O) groups is 1. The summed E-state index contributed by atoms with van der Waals surface area (Å²) >= 11 is 0. The van der Waals surface area contributed by atoms with Crippen LogP contribution in [0.1, 0.15) is 47.7 Å². The van der Waals surface area contributed by atoms with Gasteiger partial charge in [0.25, 0.3) is 5.91 Å². The molecule has 0 radical (unpaired) electrons. The van der Waals surface area contributed by atoms with Crippen molar-refractivity contribution in [3.05, 3.63) is 65.2 Å². The number of sulfonamides is 1. The van der Waals surface area contributed by atoms with Gasteiger partial charge in [-0.1, -0.05) is 50.1 Å². The fourth-order valence-corrected chi connectivity index (χ4v) is 4.43. The Labute approximate surface area is 161 Å². The SMILES string of the molecule is CCCCCNS(=O)(=O)c1cccc(C(=O)N2CCc3ccccc3C2)c1.